The van der Waals surface area contributed by atoms with Crippen molar-refractivity contribution in [3.63, 3.8) is 0 Å². The molecule has 108 valence electrons. The molecule has 0 aliphatic carbocycles. The minimum absolute atomic E-state index is 0.305. The molecule has 1 N–H and O–H groups in total. The number of hydrogen-bond donors (Lipinski definition) is 1. The van der Waals surface area contributed by atoms with Gasteiger partial charge >= 0.3 is 0 Å². The van der Waals surface area contributed by atoms with E-state index in [2.05, 4.69) is 15.5 Å². The van der Waals surface area contributed by atoms with Crippen LogP contribution in [0.5, 0.6) is 5.75 Å². The van der Waals surface area contributed by atoms with Crippen LogP contribution in [0.3, 0.4) is 0 Å². The van der Waals surface area contributed by atoms with Gasteiger partial charge in [-0.05, 0) is 43.7 Å². The molecule has 5 nitrogen and oxygen atoms in total. The Balaban J connectivity index is 1.85. The highest BCUT2D eigenvalue weighted by molar-refractivity contribution is 5.84. The number of nitrogens with one attached hydrogen (secondary N) is 1. The number of hydrogen-bond acceptors (Lipinski definition) is 4. The van der Waals surface area contributed by atoms with E-state index < -0.39 is 6.10 Å². The molecule has 1 unspecified atom stereocenters. The number of carbonyl (C=O) groups excluding carboxylic acids is 1. The minimum atomic E-state index is -0.623. The number of aromatic nitrogens is 1. The van der Waals surface area contributed by atoms with Gasteiger partial charge in [-0.3, -0.25) is 9.78 Å². The molecule has 5 heteroatoms. The monoisotopic (exact) mass is 283 g/mol. The first-order chi connectivity index (χ1) is 10.1. The molecule has 1 heterocycles. The maximum atomic E-state index is 11.8. The average molecular weight is 283 g/mol. The van der Waals surface area contributed by atoms with Crippen LogP contribution in [-0.2, 0) is 4.79 Å². The van der Waals surface area contributed by atoms with Gasteiger partial charge in [0.1, 0.15) is 5.75 Å². The predicted molar refractivity (Wildman–Crippen MR) is 81.2 cm³/mol. The number of pyridine rings is 1. The molecular weight excluding hydrogens is 266 g/mol. The normalized spacial score (nSPS) is 12.1. The molecule has 0 saturated heterocycles. The van der Waals surface area contributed by atoms with E-state index in [4.69, 9.17) is 4.74 Å². The van der Waals surface area contributed by atoms with Crippen LogP contribution in [0.15, 0.2) is 53.9 Å². The van der Waals surface area contributed by atoms with E-state index in [1.165, 1.54) is 0 Å². The Morgan fingerprint density at radius 3 is 2.57 bits per heavy atom. The van der Waals surface area contributed by atoms with Crippen molar-refractivity contribution in [2.24, 2.45) is 5.10 Å². The molecule has 0 spiro atoms. The lowest BCUT2D eigenvalue weighted by Gasteiger charge is -2.12. The molecule has 0 bridgehead atoms. The number of amides is 1. The van der Waals surface area contributed by atoms with Gasteiger partial charge in [-0.1, -0.05) is 17.7 Å². The molecule has 0 radical (unpaired) electrons. The van der Waals surface area contributed by atoms with E-state index >= 15 is 0 Å². The van der Waals surface area contributed by atoms with E-state index in [0.717, 1.165) is 11.1 Å². The van der Waals surface area contributed by atoms with Crippen molar-refractivity contribution < 1.29 is 9.53 Å². The second-order valence-corrected chi connectivity index (χ2v) is 4.59. The van der Waals surface area contributed by atoms with Crippen molar-refractivity contribution in [3.8, 4) is 5.75 Å². The van der Waals surface area contributed by atoms with Gasteiger partial charge in [0.05, 0.1) is 6.21 Å². The SMILES string of the molecule is Cc1ccc(OC(C)C(=O)NN=Cc2ccncc2)cc1. The third-order valence-electron chi connectivity index (χ3n) is 2.80. The molecule has 2 rings (SSSR count). The third-order valence-corrected chi connectivity index (χ3v) is 2.80. The molecule has 0 aliphatic heterocycles. The van der Waals surface area contributed by atoms with E-state index in [-0.39, 0.29) is 5.91 Å². The van der Waals surface area contributed by atoms with Crippen LogP contribution in [0.1, 0.15) is 18.1 Å². The van der Waals surface area contributed by atoms with Gasteiger partial charge in [0, 0.05) is 12.4 Å². The highest BCUT2D eigenvalue weighted by Crippen LogP contribution is 2.13. The fraction of sp³-hybridized carbons (Fsp3) is 0.188. The average Bonchev–Trinajstić information content (AvgIpc) is 2.50. The van der Waals surface area contributed by atoms with Crippen LogP contribution in [0.2, 0.25) is 0 Å². The van der Waals surface area contributed by atoms with Crippen molar-refractivity contribution in [2.75, 3.05) is 0 Å². The van der Waals surface area contributed by atoms with Gasteiger partial charge in [0.15, 0.2) is 6.10 Å². The summed E-state index contributed by atoms with van der Waals surface area (Å²) in [6.45, 7) is 3.67. The van der Waals surface area contributed by atoms with Gasteiger partial charge in [-0.15, -0.1) is 0 Å². The van der Waals surface area contributed by atoms with Crippen molar-refractivity contribution in [1.29, 1.82) is 0 Å². The highest BCUT2D eigenvalue weighted by Gasteiger charge is 2.13. The third kappa shape index (κ3) is 4.72. The quantitative estimate of drug-likeness (QED) is 0.676. The zero-order chi connectivity index (χ0) is 15.1. The number of hydrazone groups is 1. The molecule has 1 amide bonds. The largest absolute Gasteiger partial charge is 0.481 e. The van der Waals surface area contributed by atoms with Crippen LogP contribution in [0.25, 0.3) is 0 Å². The van der Waals surface area contributed by atoms with Crippen molar-refractivity contribution >= 4 is 12.1 Å². The first-order valence-corrected chi connectivity index (χ1v) is 6.61. The summed E-state index contributed by atoms with van der Waals surface area (Å²) in [5.41, 5.74) is 4.45. The van der Waals surface area contributed by atoms with Gasteiger partial charge in [-0.25, -0.2) is 5.43 Å². The minimum Gasteiger partial charge on any atom is -0.481 e. The molecule has 1 atom stereocenters. The first kappa shape index (κ1) is 14.7. The lowest BCUT2D eigenvalue weighted by Crippen LogP contribution is -2.33. The summed E-state index contributed by atoms with van der Waals surface area (Å²) in [6, 6.07) is 11.1. The molecule has 1 aromatic heterocycles. The number of benzene rings is 1. The molecular formula is C16H17N3O2. The Morgan fingerprint density at radius 1 is 1.24 bits per heavy atom. The maximum absolute atomic E-state index is 11.8. The summed E-state index contributed by atoms with van der Waals surface area (Å²) in [4.78, 5) is 15.7. The van der Waals surface area contributed by atoms with E-state index in [9.17, 15) is 4.79 Å². The van der Waals surface area contributed by atoms with Crippen molar-refractivity contribution in [3.05, 3.63) is 59.9 Å². The van der Waals surface area contributed by atoms with E-state index in [0.29, 0.717) is 5.75 Å². The number of ether oxygens (including phenoxy) is 1. The van der Waals surface area contributed by atoms with Crippen LogP contribution >= 0.6 is 0 Å². The molecule has 1 aromatic carbocycles. The summed E-state index contributed by atoms with van der Waals surface area (Å²) < 4.78 is 5.54. The lowest BCUT2D eigenvalue weighted by atomic mass is 10.2. The van der Waals surface area contributed by atoms with Gasteiger partial charge in [-0.2, -0.15) is 5.10 Å². The Morgan fingerprint density at radius 2 is 1.90 bits per heavy atom. The zero-order valence-corrected chi connectivity index (χ0v) is 12.0. The van der Waals surface area contributed by atoms with Crippen LogP contribution in [0.4, 0.5) is 0 Å². The summed E-state index contributed by atoms with van der Waals surface area (Å²) in [6.07, 6.45) is 4.25. The van der Waals surface area contributed by atoms with Gasteiger partial charge in [0.2, 0.25) is 0 Å². The fourth-order valence-corrected chi connectivity index (χ4v) is 1.59. The summed E-state index contributed by atoms with van der Waals surface area (Å²) in [7, 11) is 0. The Kier molecular flexibility index (Phi) is 5.04. The summed E-state index contributed by atoms with van der Waals surface area (Å²) in [5.74, 6) is 0.349. The molecule has 21 heavy (non-hydrogen) atoms. The fourth-order valence-electron chi connectivity index (χ4n) is 1.59. The Bertz CT molecular complexity index is 609. The maximum Gasteiger partial charge on any atom is 0.280 e. The van der Waals surface area contributed by atoms with Crippen molar-refractivity contribution in [1.82, 2.24) is 10.4 Å². The van der Waals surface area contributed by atoms with E-state index in [1.54, 1.807) is 37.7 Å². The topological polar surface area (TPSA) is 63.6 Å². The van der Waals surface area contributed by atoms with E-state index in [1.807, 2.05) is 31.2 Å². The zero-order valence-electron chi connectivity index (χ0n) is 12.0. The Hall–Kier alpha value is -2.69. The lowest BCUT2D eigenvalue weighted by molar-refractivity contribution is -0.127. The standard InChI is InChI=1S/C16H17N3O2/c1-12-3-5-15(6-4-12)21-13(2)16(20)19-18-11-14-7-9-17-10-8-14/h3-11,13H,1-2H3,(H,19,20). The van der Waals surface area contributed by atoms with Crippen molar-refractivity contribution in [2.45, 2.75) is 20.0 Å². The summed E-state index contributed by atoms with van der Waals surface area (Å²) in [5, 5.41) is 3.89. The second-order valence-electron chi connectivity index (χ2n) is 4.59. The van der Waals surface area contributed by atoms with Crippen LogP contribution < -0.4 is 10.2 Å². The highest BCUT2D eigenvalue weighted by atomic mass is 16.5. The van der Waals surface area contributed by atoms with Crippen LogP contribution in [0, 0.1) is 6.92 Å². The Labute approximate surface area is 123 Å². The number of nitrogens with zero attached hydrogens (tertiary/aromatic N) is 2. The molecule has 0 saturated carbocycles. The van der Waals surface area contributed by atoms with Gasteiger partial charge in [0.25, 0.3) is 5.91 Å². The predicted octanol–water partition coefficient (Wildman–Crippen LogP) is 2.31. The molecule has 0 aliphatic rings. The number of carbonyl (C=O) groups is 1. The molecule has 0 fully saturated rings. The molecule has 2 aromatic rings. The smallest absolute Gasteiger partial charge is 0.280 e. The van der Waals surface area contributed by atoms with Crippen LogP contribution in [-0.4, -0.2) is 23.2 Å². The second kappa shape index (κ2) is 7.19. The summed E-state index contributed by atoms with van der Waals surface area (Å²) >= 11 is 0. The van der Waals surface area contributed by atoms with Gasteiger partial charge < -0.3 is 4.74 Å². The number of rotatable bonds is 5. The first-order valence-electron chi connectivity index (χ1n) is 6.61. The number of aryl methyl sites for hydroxylation is 1.